The highest BCUT2D eigenvalue weighted by atomic mass is 16.1. The first-order chi connectivity index (χ1) is 8.97. The van der Waals surface area contributed by atoms with E-state index in [1.165, 1.54) is 0 Å². The first-order valence-electron chi connectivity index (χ1n) is 6.60. The molecule has 0 aliphatic carbocycles. The lowest BCUT2D eigenvalue weighted by atomic mass is 10.0. The number of nitrogens with two attached hydrogens (primary N) is 1. The van der Waals surface area contributed by atoms with Gasteiger partial charge in [-0.2, -0.15) is 0 Å². The van der Waals surface area contributed by atoms with Crippen LogP contribution in [0.5, 0.6) is 0 Å². The zero-order valence-electron chi connectivity index (χ0n) is 11.7. The summed E-state index contributed by atoms with van der Waals surface area (Å²) in [6.07, 6.45) is 1.87. The van der Waals surface area contributed by atoms with Gasteiger partial charge in [0, 0.05) is 31.6 Å². The number of rotatable bonds is 2. The van der Waals surface area contributed by atoms with E-state index in [2.05, 4.69) is 20.2 Å². The maximum absolute atomic E-state index is 11.0. The van der Waals surface area contributed by atoms with Crippen LogP contribution >= 0.6 is 0 Å². The molecule has 1 fully saturated rings. The fraction of sp³-hybridized carbons (Fsp3) is 0.615. The molecule has 0 saturated carbocycles. The van der Waals surface area contributed by atoms with Crippen LogP contribution in [0.25, 0.3) is 0 Å². The van der Waals surface area contributed by atoms with Crippen molar-refractivity contribution in [2.24, 2.45) is 0 Å². The lowest BCUT2D eigenvalue weighted by Crippen LogP contribution is -2.44. The van der Waals surface area contributed by atoms with E-state index in [9.17, 15) is 4.79 Å². The predicted molar refractivity (Wildman–Crippen MR) is 75.0 cm³/mol. The van der Waals surface area contributed by atoms with E-state index in [1.807, 2.05) is 13.8 Å². The van der Waals surface area contributed by atoms with E-state index in [0.717, 1.165) is 37.3 Å². The molecular weight excluding hydrogens is 242 g/mol. The highest BCUT2D eigenvalue weighted by Crippen LogP contribution is 2.24. The number of hydrogen-bond donors (Lipinski definition) is 2. The molecular formula is C13H21N5O. The van der Waals surface area contributed by atoms with Crippen LogP contribution in [0, 0.1) is 13.8 Å². The van der Waals surface area contributed by atoms with Crippen molar-refractivity contribution < 1.29 is 4.79 Å². The van der Waals surface area contributed by atoms with Crippen LogP contribution in [0.4, 0.5) is 11.6 Å². The van der Waals surface area contributed by atoms with Gasteiger partial charge >= 0.3 is 0 Å². The largest absolute Gasteiger partial charge is 0.383 e. The highest BCUT2D eigenvalue weighted by molar-refractivity contribution is 5.73. The Balaban J connectivity index is 2.07. The molecule has 104 valence electrons. The van der Waals surface area contributed by atoms with Gasteiger partial charge in [0.2, 0.25) is 5.91 Å². The van der Waals surface area contributed by atoms with Gasteiger partial charge in [-0.3, -0.25) is 4.79 Å². The van der Waals surface area contributed by atoms with Crippen molar-refractivity contribution in [2.75, 3.05) is 23.7 Å². The van der Waals surface area contributed by atoms with Crippen LogP contribution in [-0.2, 0) is 4.79 Å². The maximum Gasteiger partial charge on any atom is 0.217 e. The zero-order chi connectivity index (χ0) is 14.0. The van der Waals surface area contributed by atoms with Crippen molar-refractivity contribution >= 4 is 17.5 Å². The number of carbonyl (C=O) groups excluding carboxylic acids is 1. The average molecular weight is 263 g/mol. The molecule has 0 atom stereocenters. The smallest absolute Gasteiger partial charge is 0.217 e. The molecule has 1 aromatic rings. The Bertz CT molecular complexity index is 480. The van der Waals surface area contributed by atoms with Crippen molar-refractivity contribution in [2.45, 2.75) is 39.7 Å². The minimum absolute atomic E-state index is 0.0387. The molecule has 1 aliphatic heterocycles. The molecule has 1 aromatic heterocycles. The lowest BCUT2D eigenvalue weighted by molar-refractivity contribution is -0.119. The number of amides is 1. The first-order valence-corrected chi connectivity index (χ1v) is 6.60. The Labute approximate surface area is 113 Å². The van der Waals surface area contributed by atoms with Gasteiger partial charge in [0.05, 0.1) is 0 Å². The van der Waals surface area contributed by atoms with Crippen molar-refractivity contribution in [1.82, 2.24) is 15.3 Å². The molecule has 0 aromatic carbocycles. The second-order valence-electron chi connectivity index (χ2n) is 5.07. The molecule has 19 heavy (non-hydrogen) atoms. The summed E-state index contributed by atoms with van der Waals surface area (Å²) in [6.45, 7) is 7.11. The summed E-state index contributed by atoms with van der Waals surface area (Å²) in [7, 11) is 0. The molecule has 1 aliphatic rings. The summed E-state index contributed by atoms with van der Waals surface area (Å²) < 4.78 is 0. The average Bonchev–Trinajstić information content (AvgIpc) is 2.34. The van der Waals surface area contributed by atoms with E-state index < -0.39 is 0 Å². The zero-order valence-corrected chi connectivity index (χ0v) is 11.7. The summed E-state index contributed by atoms with van der Waals surface area (Å²) in [5, 5.41) is 2.97. The van der Waals surface area contributed by atoms with Crippen molar-refractivity contribution in [1.29, 1.82) is 0 Å². The summed E-state index contributed by atoms with van der Waals surface area (Å²) in [5.41, 5.74) is 6.82. The Morgan fingerprint density at radius 1 is 1.32 bits per heavy atom. The summed E-state index contributed by atoms with van der Waals surface area (Å²) in [4.78, 5) is 21.9. The van der Waals surface area contributed by atoms with Gasteiger partial charge < -0.3 is 16.0 Å². The molecule has 0 bridgehead atoms. The number of aryl methyl sites for hydroxylation is 1. The quantitative estimate of drug-likeness (QED) is 0.823. The monoisotopic (exact) mass is 263 g/mol. The van der Waals surface area contributed by atoms with Gasteiger partial charge in [-0.05, 0) is 26.7 Å². The fourth-order valence-corrected chi connectivity index (χ4v) is 2.47. The molecule has 0 unspecified atom stereocenters. The molecule has 0 spiro atoms. The van der Waals surface area contributed by atoms with Crippen LogP contribution in [0.2, 0.25) is 0 Å². The lowest BCUT2D eigenvalue weighted by Gasteiger charge is -2.34. The van der Waals surface area contributed by atoms with Crippen LogP contribution in [0.1, 0.15) is 31.2 Å². The van der Waals surface area contributed by atoms with Gasteiger partial charge in [-0.25, -0.2) is 9.97 Å². The number of aromatic nitrogens is 2. The van der Waals surface area contributed by atoms with E-state index >= 15 is 0 Å². The number of piperidine rings is 1. The number of hydrogen-bond acceptors (Lipinski definition) is 5. The maximum atomic E-state index is 11.0. The summed E-state index contributed by atoms with van der Waals surface area (Å²) in [6, 6.07) is 0.273. The number of carbonyl (C=O) groups is 1. The molecule has 6 heteroatoms. The van der Waals surface area contributed by atoms with Crippen molar-refractivity contribution in [3.05, 3.63) is 11.4 Å². The molecule has 2 heterocycles. The van der Waals surface area contributed by atoms with Crippen LogP contribution in [0.3, 0.4) is 0 Å². The normalized spacial score (nSPS) is 16.5. The second kappa shape index (κ2) is 5.42. The van der Waals surface area contributed by atoms with Crippen LogP contribution in [0.15, 0.2) is 0 Å². The Hall–Kier alpha value is -1.85. The van der Waals surface area contributed by atoms with E-state index in [1.54, 1.807) is 6.92 Å². The molecule has 3 N–H and O–H groups in total. The fourth-order valence-electron chi connectivity index (χ4n) is 2.47. The van der Waals surface area contributed by atoms with Crippen molar-refractivity contribution in [3.8, 4) is 0 Å². The SMILES string of the molecule is CC(=O)NC1CCN(c2nc(C)nc(N)c2C)CC1. The van der Waals surface area contributed by atoms with Gasteiger partial charge in [-0.1, -0.05) is 0 Å². The molecule has 2 rings (SSSR count). The number of nitrogens with zero attached hydrogens (tertiary/aromatic N) is 3. The Kier molecular flexibility index (Phi) is 3.87. The van der Waals surface area contributed by atoms with Gasteiger partial charge in [0.1, 0.15) is 17.5 Å². The number of anilines is 2. The first kappa shape index (κ1) is 13.6. The predicted octanol–water partition coefficient (Wildman–Crippen LogP) is 0.781. The number of nitrogen functional groups attached to an aromatic ring is 1. The van der Waals surface area contributed by atoms with Gasteiger partial charge in [-0.15, -0.1) is 0 Å². The minimum atomic E-state index is 0.0387. The van der Waals surface area contributed by atoms with E-state index in [4.69, 9.17) is 5.73 Å². The second-order valence-corrected chi connectivity index (χ2v) is 5.07. The molecule has 1 amide bonds. The highest BCUT2D eigenvalue weighted by Gasteiger charge is 2.22. The van der Waals surface area contributed by atoms with Gasteiger partial charge in [0.25, 0.3) is 0 Å². The van der Waals surface area contributed by atoms with Crippen molar-refractivity contribution in [3.63, 3.8) is 0 Å². The summed E-state index contributed by atoms with van der Waals surface area (Å²) >= 11 is 0. The minimum Gasteiger partial charge on any atom is -0.383 e. The van der Waals surface area contributed by atoms with Crippen LogP contribution < -0.4 is 16.0 Å². The molecule has 6 nitrogen and oxygen atoms in total. The topological polar surface area (TPSA) is 84.1 Å². The van der Waals surface area contributed by atoms with E-state index in [0.29, 0.717) is 11.6 Å². The molecule has 1 saturated heterocycles. The Morgan fingerprint density at radius 2 is 1.95 bits per heavy atom. The third kappa shape index (κ3) is 3.13. The third-order valence-corrected chi connectivity index (χ3v) is 3.47. The molecule has 0 radical (unpaired) electrons. The number of nitrogens with one attached hydrogen (secondary N) is 1. The summed E-state index contributed by atoms with van der Waals surface area (Å²) in [5.74, 6) is 2.21. The Morgan fingerprint density at radius 3 is 2.53 bits per heavy atom. The van der Waals surface area contributed by atoms with Gasteiger partial charge in [0.15, 0.2) is 0 Å². The standard InChI is InChI=1S/C13H21N5O/c1-8-12(14)15-9(2)16-13(8)18-6-4-11(5-7-18)17-10(3)19/h11H,4-7H2,1-3H3,(H,17,19)(H2,14,15,16). The van der Waals surface area contributed by atoms with E-state index in [-0.39, 0.29) is 11.9 Å². The third-order valence-electron chi connectivity index (χ3n) is 3.47. The van der Waals surface area contributed by atoms with Crippen LogP contribution in [-0.4, -0.2) is 35.0 Å².